The quantitative estimate of drug-likeness (QED) is 0.800. The molecule has 0 aromatic rings. The first-order valence-corrected chi connectivity index (χ1v) is 8.87. The first-order chi connectivity index (χ1) is 10.6. The van der Waals surface area contributed by atoms with Crippen molar-refractivity contribution in [3.05, 3.63) is 0 Å². The zero-order chi connectivity index (χ0) is 15.6. The first kappa shape index (κ1) is 16.1. The monoisotopic (exact) mass is 310 g/mol. The van der Waals surface area contributed by atoms with Crippen molar-refractivity contribution in [3.63, 3.8) is 0 Å². The molecule has 0 radical (unpaired) electrons. The summed E-state index contributed by atoms with van der Waals surface area (Å²) in [5, 5.41) is 0. The highest BCUT2D eigenvalue weighted by Gasteiger charge is 2.49. The van der Waals surface area contributed by atoms with Gasteiger partial charge in [-0.1, -0.05) is 13.8 Å². The molecule has 0 aliphatic carbocycles. The SMILES string of the molecule is CC(C)C[C@]12CCCN1[C@H](COC(=O)N1CCOCC1)CC2. The fraction of sp³-hybridized carbons (Fsp3) is 0.941. The summed E-state index contributed by atoms with van der Waals surface area (Å²) >= 11 is 0. The molecule has 0 aromatic carbocycles. The van der Waals surface area contributed by atoms with Crippen LogP contribution in [-0.4, -0.2) is 66.9 Å². The van der Waals surface area contributed by atoms with Crippen LogP contribution in [0.3, 0.4) is 0 Å². The van der Waals surface area contributed by atoms with E-state index in [4.69, 9.17) is 9.47 Å². The number of ether oxygens (including phenoxy) is 2. The molecule has 5 heteroatoms. The summed E-state index contributed by atoms with van der Waals surface area (Å²) in [4.78, 5) is 16.6. The number of hydrogen-bond acceptors (Lipinski definition) is 4. The molecule has 3 aliphatic rings. The van der Waals surface area contributed by atoms with Crippen molar-refractivity contribution in [1.82, 2.24) is 9.80 Å². The molecule has 0 unspecified atom stereocenters. The van der Waals surface area contributed by atoms with Gasteiger partial charge in [-0.3, -0.25) is 4.90 Å². The van der Waals surface area contributed by atoms with E-state index in [1.165, 1.54) is 38.6 Å². The predicted octanol–water partition coefficient (Wildman–Crippen LogP) is 2.50. The molecule has 3 heterocycles. The van der Waals surface area contributed by atoms with E-state index < -0.39 is 0 Å². The number of carbonyl (C=O) groups is 1. The third kappa shape index (κ3) is 3.25. The highest BCUT2D eigenvalue weighted by Crippen LogP contribution is 2.46. The molecular formula is C17H30N2O3. The second kappa shape index (κ2) is 6.75. The maximum absolute atomic E-state index is 12.1. The van der Waals surface area contributed by atoms with Gasteiger partial charge in [0.1, 0.15) is 6.61 Å². The lowest BCUT2D eigenvalue weighted by atomic mass is 9.85. The standard InChI is InChI=1S/C17H30N2O3/c1-14(2)12-17-5-3-7-19(17)15(4-6-17)13-22-16(20)18-8-10-21-11-9-18/h14-15H,3-13H2,1-2H3/t15-,17+/m0/s1. The van der Waals surface area contributed by atoms with Gasteiger partial charge in [-0.25, -0.2) is 4.79 Å². The van der Waals surface area contributed by atoms with E-state index in [1.807, 2.05) is 0 Å². The van der Waals surface area contributed by atoms with Gasteiger partial charge in [-0.05, 0) is 44.6 Å². The Morgan fingerprint density at radius 3 is 2.77 bits per heavy atom. The summed E-state index contributed by atoms with van der Waals surface area (Å²) in [5.74, 6) is 0.732. The van der Waals surface area contributed by atoms with Crippen molar-refractivity contribution in [2.45, 2.75) is 57.5 Å². The van der Waals surface area contributed by atoms with Crippen LogP contribution >= 0.6 is 0 Å². The van der Waals surface area contributed by atoms with E-state index in [9.17, 15) is 4.79 Å². The van der Waals surface area contributed by atoms with Crippen LogP contribution in [0.2, 0.25) is 0 Å². The predicted molar refractivity (Wildman–Crippen MR) is 84.9 cm³/mol. The number of morpholine rings is 1. The van der Waals surface area contributed by atoms with Crippen LogP contribution in [0, 0.1) is 5.92 Å². The van der Waals surface area contributed by atoms with Crippen LogP contribution in [-0.2, 0) is 9.47 Å². The van der Waals surface area contributed by atoms with Crippen LogP contribution in [0.1, 0.15) is 46.0 Å². The summed E-state index contributed by atoms with van der Waals surface area (Å²) < 4.78 is 10.9. The van der Waals surface area contributed by atoms with Crippen molar-refractivity contribution < 1.29 is 14.3 Å². The molecule has 5 nitrogen and oxygen atoms in total. The zero-order valence-corrected chi connectivity index (χ0v) is 14.1. The minimum atomic E-state index is -0.163. The molecule has 2 atom stereocenters. The molecule has 3 aliphatic heterocycles. The molecule has 1 amide bonds. The van der Waals surface area contributed by atoms with Crippen LogP contribution in [0.25, 0.3) is 0 Å². The van der Waals surface area contributed by atoms with Crippen molar-refractivity contribution in [3.8, 4) is 0 Å². The van der Waals surface area contributed by atoms with Gasteiger partial charge in [0, 0.05) is 24.7 Å². The zero-order valence-electron chi connectivity index (χ0n) is 14.1. The summed E-state index contributed by atoms with van der Waals surface area (Å²) in [6.07, 6.45) is 6.16. The van der Waals surface area contributed by atoms with Gasteiger partial charge in [0.2, 0.25) is 0 Å². The average molecular weight is 310 g/mol. The molecule has 0 aromatic heterocycles. The smallest absolute Gasteiger partial charge is 0.409 e. The molecule has 3 fully saturated rings. The summed E-state index contributed by atoms with van der Waals surface area (Å²) in [5.41, 5.74) is 0.393. The first-order valence-electron chi connectivity index (χ1n) is 8.87. The molecular weight excluding hydrogens is 280 g/mol. The van der Waals surface area contributed by atoms with Crippen LogP contribution < -0.4 is 0 Å². The van der Waals surface area contributed by atoms with Gasteiger partial charge in [0.25, 0.3) is 0 Å². The third-order valence-electron chi connectivity index (χ3n) is 5.49. The molecule has 0 bridgehead atoms. The minimum absolute atomic E-state index is 0.163. The molecule has 22 heavy (non-hydrogen) atoms. The molecule has 3 saturated heterocycles. The van der Waals surface area contributed by atoms with Gasteiger partial charge in [-0.2, -0.15) is 0 Å². The van der Waals surface area contributed by atoms with E-state index in [0.29, 0.717) is 44.5 Å². The second-order valence-electron chi connectivity index (χ2n) is 7.49. The Kier molecular flexibility index (Phi) is 4.93. The minimum Gasteiger partial charge on any atom is -0.448 e. The summed E-state index contributed by atoms with van der Waals surface area (Å²) in [6, 6.07) is 0.422. The van der Waals surface area contributed by atoms with Gasteiger partial charge >= 0.3 is 6.09 Å². The summed E-state index contributed by atoms with van der Waals surface area (Å²) in [6.45, 7) is 8.93. The van der Waals surface area contributed by atoms with Gasteiger partial charge in [0.15, 0.2) is 0 Å². The Labute approximate surface area is 133 Å². The van der Waals surface area contributed by atoms with E-state index in [0.717, 1.165) is 5.92 Å². The summed E-state index contributed by atoms with van der Waals surface area (Å²) in [7, 11) is 0. The maximum Gasteiger partial charge on any atom is 0.409 e. The number of fused-ring (bicyclic) bond motifs is 1. The largest absolute Gasteiger partial charge is 0.448 e. The number of nitrogens with zero attached hydrogens (tertiary/aromatic N) is 2. The fourth-order valence-electron chi connectivity index (χ4n) is 4.65. The Morgan fingerprint density at radius 2 is 2.05 bits per heavy atom. The molecule has 0 saturated carbocycles. The van der Waals surface area contributed by atoms with Crippen molar-refractivity contribution in [2.24, 2.45) is 5.92 Å². The third-order valence-corrected chi connectivity index (χ3v) is 5.49. The Bertz CT molecular complexity index is 395. The number of hydrogen-bond donors (Lipinski definition) is 0. The average Bonchev–Trinajstić information content (AvgIpc) is 3.04. The van der Waals surface area contributed by atoms with Gasteiger partial charge < -0.3 is 14.4 Å². The van der Waals surface area contributed by atoms with E-state index in [2.05, 4.69) is 18.7 Å². The number of rotatable bonds is 4. The highest BCUT2D eigenvalue weighted by molar-refractivity contribution is 5.67. The molecule has 0 N–H and O–H groups in total. The van der Waals surface area contributed by atoms with Crippen LogP contribution in [0.5, 0.6) is 0 Å². The van der Waals surface area contributed by atoms with E-state index in [-0.39, 0.29) is 6.09 Å². The van der Waals surface area contributed by atoms with Crippen LogP contribution in [0.4, 0.5) is 4.79 Å². The molecule has 3 rings (SSSR count). The number of amides is 1. The van der Waals surface area contributed by atoms with E-state index in [1.54, 1.807) is 4.90 Å². The number of carbonyl (C=O) groups excluding carboxylic acids is 1. The van der Waals surface area contributed by atoms with Crippen LogP contribution in [0.15, 0.2) is 0 Å². The van der Waals surface area contributed by atoms with Crippen molar-refractivity contribution >= 4 is 6.09 Å². The topological polar surface area (TPSA) is 42.0 Å². The van der Waals surface area contributed by atoms with E-state index >= 15 is 0 Å². The van der Waals surface area contributed by atoms with Gasteiger partial charge in [0.05, 0.1) is 13.2 Å². The Balaban J connectivity index is 1.52. The molecule has 0 spiro atoms. The fourth-order valence-corrected chi connectivity index (χ4v) is 4.65. The lowest BCUT2D eigenvalue weighted by Crippen LogP contribution is -2.46. The maximum atomic E-state index is 12.1. The molecule has 126 valence electrons. The van der Waals surface area contributed by atoms with Crippen molar-refractivity contribution in [2.75, 3.05) is 39.5 Å². The Morgan fingerprint density at radius 1 is 1.27 bits per heavy atom. The normalized spacial score (nSPS) is 32.5. The Hall–Kier alpha value is -0.810. The lowest BCUT2D eigenvalue weighted by molar-refractivity contribution is 0.0162. The van der Waals surface area contributed by atoms with Gasteiger partial charge in [-0.15, -0.1) is 0 Å². The van der Waals surface area contributed by atoms with Crippen molar-refractivity contribution in [1.29, 1.82) is 0 Å². The second-order valence-corrected chi connectivity index (χ2v) is 7.49. The highest BCUT2D eigenvalue weighted by atomic mass is 16.6. The lowest BCUT2D eigenvalue weighted by Gasteiger charge is -2.36.